The smallest absolute Gasteiger partial charge is 0.264 e. The molecule has 1 fully saturated rings. The van der Waals surface area contributed by atoms with Gasteiger partial charge in [0.2, 0.25) is 0 Å². The van der Waals surface area contributed by atoms with Crippen LogP contribution in [-0.4, -0.2) is 38.0 Å². The van der Waals surface area contributed by atoms with Crippen LogP contribution in [0.5, 0.6) is 0 Å². The fraction of sp³-hybridized carbons (Fsp3) is 0.480. The summed E-state index contributed by atoms with van der Waals surface area (Å²) < 4.78 is 36.4. The molecular formula is C25H34N4O3S. The summed E-state index contributed by atoms with van der Waals surface area (Å²) in [7, 11) is -3.77. The molecule has 0 aliphatic carbocycles. The summed E-state index contributed by atoms with van der Waals surface area (Å²) in [6, 6.07) is 12.9. The summed E-state index contributed by atoms with van der Waals surface area (Å²) in [5, 5.41) is 5.20. The molecular weight excluding hydrogens is 436 g/mol. The van der Waals surface area contributed by atoms with Crippen LogP contribution in [0.2, 0.25) is 0 Å². The van der Waals surface area contributed by atoms with Gasteiger partial charge in [0.1, 0.15) is 0 Å². The van der Waals surface area contributed by atoms with Crippen molar-refractivity contribution in [2.45, 2.75) is 51.5 Å². The molecule has 0 unspecified atom stereocenters. The summed E-state index contributed by atoms with van der Waals surface area (Å²) in [5.41, 5.74) is 8.93. The van der Waals surface area contributed by atoms with E-state index in [1.165, 1.54) is 9.87 Å². The quantitative estimate of drug-likeness (QED) is 0.525. The Bertz CT molecular complexity index is 1200. The van der Waals surface area contributed by atoms with Crippen LogP contribution in [0.25, 0.3) is 10.9 Å². The number of anilines is 2. The molecule has 2 aromatic carbocycles. The maximum Gasteiger partial charge on any atom is 0.264 e. The van der Waals surface area contributed by atoms with Gasteiger partial charge in [0, 0.05) is 31.7 Å². The van der Waals surface area contributed by atoms with Gasteiger partial charge in [-0.3, -0.25) is 8.99 Å². The lowest BCUT2D eigenvalue weighted by atomic mass is 10.0. The first-order valence-corrected chi connectivity index (χ1v) is 13.2. The summed E-state index contributed by atoms with van der Waals surface area (Å²) in [6.07, 6.45) is 2.90. The molecule has 8 heteroatoms. The van der Waals surface area contributed by atoms with E-state index in [2.05, 4.69) is 12.0 Å². The number of hydrogen-bond acceptors (Lipinski definition) is 5. The zero-order valence-electron chi connectivity index (χ0n) is 19.7. The van der Waals surface area contributed by atoms with Crippen LogP contribution in [0.4, 0.5) is 11.5 Å². The minimum Gasteiger partial charge on any atom is -0.382 e. The highest BCUT2D eigenvalue weighted by atomic mass is 32.2. The molecule has 0 saturated carbocycles. The lowest BCUT2D eigenvalue weighted by Crippen LogP contribution is -2.34. The Morgan fingerprint density at radius 3 is 2.48 bits per heavy atom. The van der Waals surface area contributed by atoms with E-state index in [1.807, 2.05) is 48.9 Å². The molecule has 1 aliphatic rings. The number of aryl methyl sites for hydroxylation is 1. The second-order valence-electron chi connectivity index (χ2n) is 9.25. The first kappa shape index (κ1) is 23.6. The molecule has 4 rings (SSSR count). The second-order valence-corrected chi connectivity index (χ2v) is 11.1. The third-order valence-electron chi connectivity index (χ3n) is 6.27. The maximum atomic E-state index is 13.7. The first-order valence-electron chi connectivity index (χ1n) is 11.7. The minimum absolute atomic E-state index is 0.168. The normalized spacial score (nSPS) is 15.4. The van der Waals surface area contributed by atoms with E-state index in [1.54, 1.807) is 12.1 Å². The van der Waals surface area contributed by atoms with Crippen molar-refractivity contribution in [2.24, 2.45) is 11.8 Å². The van der Waals surface area contributed by atoms with Crippen LogP contribution in [0, 0.1) is 11.8 Å². The number of fused-ring (bicyclic) bond motifs is 1. The van der Waals surface area contributed by atoms with Gasteiger partial charge in [0.15, 0.2) is 5.82 Å². The van der Waals surface area contributed by atoms with Crippen molar-refractivity contribution in [3.63, 3.8) is 0 Å². The molecule has 0 atom stereocenters. The van der Waals surface area contributed by atoms with Gasteiger partial charge in [-0.25, -0.2) is 8.42 Å². The van der Waals surface area contributed by atoms with Crippen molar-refractivity contribution in [3.8, 4) is 0 Å². The van der Waals surface area contributed by atoms with E-state index in [0.717, 1.165) is 44.5 Å². The summed E-state index contributed by atoms with van der Waals surface area (Å²) >= 11 is 0. The highest BCUT2D eigenvalue weighted by Crippen LogP contribution is 2.30. The lowest BCUT2D eigenvalue weighted by Gasteiger charge is -2.26. The van der Waals surface area contributed by atoms with E-state index in [-0.39, 0.29) is 10.8 Å². The van der Waals surface area contributed by atoms with Gasteiger partial charge in [0.05, 0.1) is 16.1 Å². The molecule has 0 spiro atoms. The molecule has 33 heavy (non-hydrogen) atoms. The molecule has 0 bridgehead atoms. The highest BCUT2D eigenvalue weighted by molar-refractivity contribution is 7.92. The Hall–Kier alpha value is -2.58. The van der Waals surface area contributed by atoms with Gasteiger partial charge in [-0.05, 0) is 67.0 Å². The number of aromatic nitrogens is 2. The van der Waals surface area contributed by atoms with E-state index in [9.17, 15) is 8.42 Å². The van der Waals surface area contributed by atoms with Gasteiger partial charge < -0.3 is 10.5 Å². The minimum atomic E-state index is -3.77. The molecule has 2 heterocycles. The molecule has 2 N–H and O–H groups in total. The van der Waals surface area contributed by atoms with E-state index in [0.29, 0.717) is 29.4 Å². The Kier molecular flexibility index (Phi) is 6.95. The second kappa shape index (κ2) is 9.73. The average molecular weight is 471 g/mol. The van der Waals surface area contributed by atoms with Crippen LogP contribution in [0.15, 0.2) is 47.4 Å². The van der Waals surface area contributed by atoms with E-state index in [4.69, 9.17) is 10.5 Å². The average Bonchev–Trinajstić information content (AvgIpc) is 3.12. The standard InChI is InChI=1S/C25H34N4O3S/c1-4-19-5-7-21(8-6-19)29(16-18(2)3)33(30,31)22-9-10-24-23(15-22)25(26)27-28(24)17-20-11-13-32-14-12-20/h5-10,15,18,20H,4,11-14,16-17H2,1-3H3,(H2,26,27). The van der Waals surface area contributed by atoms with Crippen LogP contribution < -0.4 is 10.0 Å². The topological polar surface area (TPSA) is 90.5 Å². The van der Waals surface area contributed by atoms with E-state index < -0.39 is 10.0 Å². The number of hydrogen-bond donors (Lipinski definition) is 1. The fourth-order valence-electron chi connectivity index (χ4n) is 4.36. The number of rotatable bonds is 8. The number of nitrogens with zero attached hydrogens (tertiary/aromatic N) is 3. The zero-order valence-corrected chi connectivity index (χ0v) is 20.5. The van der Waals surface area contributed by atoms with Crippen LogP contribution in [0.1, 0.15) is 39.2 Å². The number of sulfonamides is 1. The molecule has 178 valence electrons. The van der Waals surface area contributed by atoms with Crippen LogP contribution in [-0.2, 0) is 27.7 Å². The van der Waals surface area contributed by atoms with Crippen LogP contribution >= 0.6 is 0 Å². The summed E-state index contributed by atoms with van der Waals surface area (Å²) in [5.74, 6) is 1.01. The SMILES string of the molecule is CCc1ccc(N(CC(C)C)S(=O)(=O)c2ccc3c(c2)c(N)nn3CC2CCOCC2)cc1. The van der Waals surface area contributed by atoms with Gasteiger partial charge in [0.25, 0.3) is 10.0 Å². The van der Waals surface area contributed by atoms with Gasteiger partial charge in [-0.1, -0.05) is 32.9 Å². The number of nitrogens with two attached hydrogens (primary N) is 1. The van der Waals surface area contributed by atoms with Crippen molar-refractivity contribution >= 4 is 32.4 Å². The molecule has 1 aliphatic heterocycles. The number of ether oxygens (including phenoxy) is 1. The van der Waals surface area contributed by atoms with Gasteiger partial charge >= 0.3 is 0 Å². The van der Waals surface area contributed by atoms with Gasteiger partial charge in [-0.15, -0.1) is 0 Å². The number of benzene rings is 2. The molecule has 1 saturated heterocycles. The highest BCUT2D eigenvalue weighted by Gasteiger charge is 2.27. The van der Waals surface area contributed by atoms with Gasteiger partial charge in [-0.2, -0.15) is 5.10 Å². The van der Waals surface area contributed by atoms with Crippen molar-refractivity contribution in [2.75, 3.05) is 29.8 Å². The Morgan fingerprint density at radius 1 is 1.15 bits per heavy atom. The Morgan fingerprint density at radius 2 is 1.85 bits per heavy atom. The monoisotopic (exact) mass is 470 g/mol. The van der Waals surface area contributed by atoms with Crippen molar-refractivity contribution < 1.29 is 13.2 Å². The molecule has 0 amide bonds. The Balaban J connectivity index is 1.69. The number of nitrogen functional groups attached to an aromatic ring is 1. The fourth-order valence-corrected chi connectivity index (χ4v) is 6.01. The predicted octanol–water partition coefficient (Wildman–Crippen LogP) is 4.46. The van der Waals surface area contributed by atoms with Crippen molar-refractivity contribution in [3.05, 3.63) is 48.0 Å². The maximum absolute atomic E-state index is 13.7. The lowest BCUT2D eigenvalue weighted by molar-refractivity contribution is 0.0606. The zero-order chi connectivity index (χ0) is 23.6. The molecule has 0 radical (unpaired) electrons. The van der Waals surface area contributed by atoms with Crippen molar-refractivity contribution in [1.29, 1.82) is 0 Å². The third kappa shape index (κ3) is 5.01. The summed E-state index contributed by atoms with van der Waals surface area (Å²) in [4.78, 5) is 0.229. The third-order valence-corrected chi connectivity index (χ3v) is 8.06. The van der Waals surface area contributed by atoms with E-state index >= 15 is 0 Å². The predicted molar refractivity (Wildman–Crippen MR) is 133 cm³/mol. The van der Waals surface area contributed by atoms with Crippen LogP contribution in [0.3, 0.4) is 0 Å². The molecule has 1 aromatic heterocycles. The summed E-state index contributed by atoms with van der Waals surface area (Å²) in [6.45, 7) is 8.81. The van der Waals surface area contributed by atoms with Crippen molar-refractivity contribution in [1.82, 2.24) is 9.78 Å². The molecule has 7 nitrogen and oxygen atoms in total. The largest absolute Gasteiger partial charge is 0.382 e. The first-order chi connectivity index (χ1) is 15.8. The molecule has 3 aromatic rings. The Labute approximate surface area is 196 Å².